The molecule has 2 amide bonds. The number of aryl methyl sites for hydroxylation is 1. The number of ether oxygens (including phenoxy) is 2. The van der Waals surface area contributed by atoms with Crippen LogP contribution in [0.4, 0.5) is 4.79 Å². The first-order valence-corrected chi connectivity index (χ1v) is 8.91. The maximum Gasteiger partial charge on any atom is 0.317 e. The van der Waals surface area contributed by atoms with Gasteiger partial charge in [0, 0.05) is 19.6 Å². The van der Waals surface area contributed by atoms with Crippen LogP contribution in [0.3, 0.4) is 0 Å². The van der Waals surface area contributed by atoms with Crippen LogP contribution >= 0.6 is 0 Å². The lowest BCUT2D eigenvalue weighted by atomic mass is 9.91. The minimum absolute atomic E-state index is 0.191. The Morgan fingerprint density at radius 1 is 1.27 bits per heavy atom. The molecule has 2 rings (SSSR count). The van der Waals surface area contributed by atoms with Gasteiger partial charge in [0.05, 0.1) is 20.1 Å². The third-order valence-corrected chi connectivity index (χ3v) is 4.68. The van der Waals surface area contributed by atoms with Crippen molar-refractivity contribution in [2.75, 3.05) is 33.9 Å². The fourth-order valence-electron chi connectivity index (χ4n) is 3.36. The van der Waals surface area contributed by atoms with E-state index < -0.39 is 11.9 Å². The molecule has 1 saturated heterocycles. The Hall–Kier alpha value is -2.44. The summed E-state index contributed by atoms with van der Waals surface area (Å²) in [5.74, 6) is 0.444. The number of likely N-dealkylation sites (tertiary alicyclic amines) is 1. The maximum atomic E-state index is 12.3. The monoisotopic (exact) mass is 364 g/mol. The molecule has 7 heteroatoms. The molecule has 1 aliphatic heterocycles. The van der Waals surface area contributed by atoms with Gasteiger partial charge in [-0.05, 0) is 48.9 Å². The van der Waals surface area contributed by atoms with Crippen LogP contribution in [0.1, 0.15) is 25.3 Å². The van der Waals surface area contributed by atoms with E-state index in [-0.39, 0.29) is 18.5 Å². The molecular weight excluding hydrogens is 336 g/mol. The van der Waals surface area contributed by atoms with Gasteiger partial charge in [0.1, 0.15) is 11.5 Å². The predicted octanol–water partition coefficient (Wildman–Crippen LogP) is 2.39. The molecule has 0 radical (unpaired) electrons. The highest BCUT2D eigenvalue weighted by Crippen LogP contribution is 2.25. The van der Waals surface area contributed by atoms with E-state index in [9.17, 15) is 14.7 Å². The summed E-state index contributed by atoms with van der Waals surface area (Å²) in [5.41, 5.74) is 1.03. The first-order chi connectivity index (χ1) is 12.4. The first-order valence-electron chi connectivity index (χ1n) is 8.91. The van der Waals surface area contributed by atoms with E-state index in [4.69, 9.17) is 9.47 Å². The topological polar surface area (TPSA) is 88.1 Å². The Bertz CT molecular complexity index is 634. The lowest BCUT2D eigenvalue weighted by Gasteiger charge is -2.34. The Morgan fingerprint density at radius 2 is 2.04 bits per heavy atom. The van der Waals surface area contributed by atoms with Gasteiger partial charge in [0.15, 0.2) is 0 Å². The molecule has 2 unspecified atom stereocenters. The second kappa shape index (κ2) is 9.31. The van der Waals surface area contributed by atoms with Gasteiger partial charge in [-0.2, -0.15) is 0 Å². The van der Waals surface area contributed by atoms with Crippen molar-refractivity contribution in [2.45, 2.75) is 26.2 Å². The Morgan fingerprint density at radius 3 is 2.69 bits per heavy atom. The van der Waals surface area contributed by atoms with Gasteiger partial charge in [-0.1, -0.05) is 6.92 Å². The van der Waals surface area contributed by atoms with Crippen molar-refractivity contribution in [1.82, 2.24) is 10.2 Å². The standard InChI is InChI=1S/C19H28N2O5/c1-13-9-15(18(22)23)12-21(11-13)19(24)20-8-4-5-14-10-16(25-2)6-7-17(14)26-3/h6-7,10,13,15H,4-5,8-9,11-12H2,1-3H3,(H,20,24)(H,22,23). The number of benzene rings is 1. The highest BCUT2D eigenvalue weighted by atomic mass is 16.5. The van der Waals surface area contributed by atoms with Crippen LogP contribution < -0.4 is 14.8 Å². The minimum atomic E-state index is -0.834. The van der Waals surface area contributed by atoms with E-state index in [2.05, 4.69) is 5.32 Å². The summed E-state index contributed by atoms with van der Waals surface area (Å²) in [5, 5.41) is 12.1. The first kappa shape index (κ1) is 19.9. The third-order valence-electron chi connectivity index (χ3n) is 4.68. The molecule has 0 spiro atoms. The molecular formula is C19H28N2O5. The van der Waals surface area contributed by atoms with E-state index in [0.29, 0.717) is 19.5 Å². The van der Waals surface area contributed by atoms with Crippen molar-refractivity contribution >= 4 is 12.0 Å². The van der Waals surface area contributed by atoms with E-state index in [1.807, 2.05) is 25.1 Å². The molecule has 144 valence electrons. The molecule has 0 bridgehead atoms. The number of aliphatic carboxylic acids is 1. The molecule has 7 nitrogen and oxygen atoms in total. The number of urea groups is 1. The van der Waals surface area contributed by atoms with E-state index in [1.54, 1.807) is 19.1 Å². The smallest absolute Gasteiger partial charge is 0.317 e. The van der Waals surface area contributed by atoms with Crippen LogP contribution in [-0.2, 0) is 11.2 Å². The predicted molar refractivity (Wildman–Crippen MR) is 97.7 cm³/mol. The molecule has 1 fully saturated rings. The van der Waals surface area contributed by atoms with Crippen LogP contribution in [-0.4, -0.2) is 55.9 Å². The summed E-state index contributed by atoms with van der Waals surface area (Å²) >= 11 is 0. The second-order valence-corrected chi connectivity index (χ2v) is 6.79. The summed E-state index contributed by atoms with van der Waals surface area (Å²) in [4.78, 5) is 25.2. The lowest BCUT2D eigenvalue weighted by Crippen LogP contribution is -2.49. The van der Waals surface area contributed by atoms with Gasteiger partial charge in [-0.25, -0.2) is 4.79 Å². The van der Waals surface area contributed by atoms with Gasteiger partial charge < -0.3 is 24.8 Å². The number of carboxylic acid groups (broad SMARTS) is 1. The molecule has 2 N–H and O–H groups in total. The zero-order valence-corrected chi connectivity index (χ0v) is 15.7. The second-order valence-electron chi connectivity index (χ2n) is 6.79. The molecule has 1 aliphatic rings. The molecule has 1 heterocycles. The molecule has 1 aromatic carbocycles. The third kappa shape index (κ3) is 5.28. The average molecular weight is 364 g/mol. The van der Waals surface area contributed by atoms with Gasteiger partial charge in [0.2, 0.25) is 0 Å². The maximum absolute atomic E-state index is 12.3. The number of nitrogens with zero attached hydrogens (tertiary/aromatic N) is 1. The fraction of sp³-hybridized carbons (Fsp3) is 0.579. The van der Waals surface area contributed by atoms with Crippen molar-refractivity contribution in [3.8, 4) is 11.5 Å². The quantitative estimate of drug-likeness (QED) is 0.725. The van der Waals surface area contributed by atoms with E-state index >= 15 is 0 Å². The molecule has 0 aliphatic carbocycles. The molecule has 1 aromatic rings. The van der Waals surface area contributed by atoms with Gasteiger partial charge in [-0.15, -0.1) is 0 Å². The summed E-state index contributed by atoms with van der Waals surface area (Å²) in [6.07, 6.45) is 2.12. The lowest BCUT2D eigenvalue weighted by molar-refractivity contribution is -0.143. The van der Waals surface area contributed by atoms with Crippen LogP contribution in [0.5, 0.6) is 11.5 Å². The molecule has 26 heavy (non-hydrogen) atoms. The number of carbonyl (C=O) groups excluding carboxylic acids is 1. The summed E-state index contributed by atoms with van der Waals surface area (Å²) in [6.45, 7) is 3.36. The van der Waals surface area contributed by atoms with Crippen LogP contribution in [0, 0.1) is 11.8 Å². The van der Waals surface area contributed by atoms with Crippen molar-refractivity contribution in [3.05, 3.63) is 23.8 Å². The fourth-order valence-corrected chi connectivity index (χ4v) is 3.36. The number of carbonyl (C=O) groups is 2. The Balaban J connectivity index is 1.82. The number of nitrogens with one attached hydrogen (secondary N) is 1. The number of hydrogen-bond donors (Lipinski definition) is 2. The zero-order valence-electron chi connectivity index (χ0n) is 15.7. The van der Waals surface area contributed by atoms with Crippen molar-refractivity contribution in [2.24, 2.45) is 11.8 Å². The highest BCUT2D eigenvalue weighted by molar-refractivity contribution is 5.76. The molecule has 0 saturated carbocycles. The molecule has 0 aromatic heterocycles. The number of carboxylic acids is 1. The van der Waals surface area contributed by atoms with E-state index in [0.717, 1.165) is 29.9 Å². The van der Waals surface area contributed by atoms with Crippen LogP contribution in [0.25, 0.3) is 0 Å². The number of methoxy groups -OCH3 is 2. The number of piperidine rings is 1. The Labute approximate surface area is 154 Å². The largest absolute Gasteiger partial charge is 0.497 e. The normalized spacial score (nSPS) is 19.7. The Kier molecular flexibility index (Phi) is 7.12. The number of amides is 2. The van der Waals surface area contributed by atoms with Crippen LogP contribution in [0.2, 0.25) is 0 Å². The SMILES string of the molecule is COc1ccc(OC)c(CCCNC(=O)N2CC(C)CC(C(=O)O)C2)c1. The van der Waals surface area contributed by atoms with Crippen molar-refractivity contribution in [1.29, 1.82) is 0 Å². The summed E-state index contributed by atoms with van der Waals surface area (Å²) in [7, 11) is 3.25. The average Bonchev–Trinajstić information content (AvgIpc) is 2.64. The molecule has 2 atom stereocenters. The summed E-state index contributed by atoms with van der Waals surface area (Å²) in [6, 6.07) is 5.46. The highest BCUT2D eigenvalue weighted by Gasteiger charge is 2.31. The number of rotatable bonds is 7. The summed E-state index contributed by atoms with van der Waals surface area (Å²) < 4.78 is 10.6. The number of hydrogen-bond acceptors (Lipinski definition) is 4. The van der Waals surface area contributed by atoms with Gasteiger partial charge >= 0.3 is 12.0 Å². The van der Waals surface area contributed by atoms with Gasteiger partial charge in [0.25, 0.3) is 0 Å². The van der Waals surface area contributed by atoms with Crippen molar-refractivity contribution in [3.63, 3.8) is 0 Å². The van der Waals surface area contributed by atoms with Gasteiger partial charge in [-0.3, -0.25) is 4.79 Å². The zero-order chi connectivity index (χ0) is 19.1. The van der Waals surface area contributed by atoms with Crippen molar-refractivity contribution < 1.29 is 24.2 Å². The van der Waals surface area contributed by atoms with E-state index in [1.165, 1.54) is 0 Å². The van der Waals surface area contributed by atoms with Crippen LogP contribution in [0.15, 0.2) is 18.2 Å². The minimum Gasteiger partial charge on any atom is -0.497 e.